The van der Waals surface area contributed by atoms with Crippen molar-refractivity contribution in [2.75, 3.05) is 0 Å². The number of benzene rings is 2. The molecule has 1 aromatic heterocycles. The summed E-state index contributed by atoms with van der Waals surface area (Å²) in [5.41, 5.74) is 8.23. The van der Waals surface area contributed by atoms with Crippen molar-refractivity contribution < 1.29 is 22.7 Å². The summed E-state index contributed by atoms with van der Waals surface area (Å²) in [7, 11) is 0. The minimum atomic E-state index is -4.78. The number of halogens is 3. The van der Waals surface area contributed by atoms with Gasteiger partial charge in [0.05, 0.1) is 6.07 Å². The van der Waals surface area contributed by atoms with Crippen LogP contribution in [-0.4, -0.2) is 17.3 Å². The molecule has 0 aliphatic rings. The topological polar surface area (TPSA) is 91.9 Å². The average Bonchev–Trinajstić information content (AvgIpc) is 2.96. The van der Waals surface area contributed by atoms with Gasteiger partial charge in [-0.2, -0.15) is 5.26 Å². The van der Waals surface area contributed by atoms with Crippen molar-refractivity contribution in [1.82, 2.24) is 4.98 Å². The number of aromatic amines is 1. The van der Waals surface area contributed by atoms with E-state index < -0.39 is 12.3 Å². The fourth-order valence-corrected chi connectivity index (χ4v) is 2.92. The van der Waals surface area contributed by atoms with E-state index in [0.717, 1.165) is 11.1 Å². The normalized spacial score (nSPS) is 11.3. The third-order valence-electron chi connectivity index (χ3n) is 4.06. The van der Waals surface area contributed by atoms with E-state index in [2.05, 4.69) is 15.8 Å². The second-order valence-corrected chi connectivity index (χ2v) is 5.83. The summed E-state index contributed by atoms with van der Waals surface area (Å²) in [6, 6.07) is 12.6. The molecule has 3 N–H and O–H groups in total. The molecule has 0 saturated carbocycles. The first-order chi connectivity index (χ1) is 12.8. The number of aromatic nitrogens is 1. The highest BCUT2D eigenvalue weighted by atomic mass is 19.4. The number of aryl methyl sites for hydroxylation is 1. The fourth-order valence-electron chi connectivity index (χ4n) is 2.92. The number of ether oxygens (including phenoxy) is 1. The van der Waals surface area contributed by atoms with Crippen LogP contribution in [0.25, 0.3) is 22.2 Å². The summed E-state index contributed by atoms with van der Waals surface area (Å²) in [5.74, 6) is -0.893. The van der Waals surface area contributed by atoms with E-state index in [0.29, 0.717) is 28.6 Å². The molecule has 0 fully saturated rings. The van der Waals surface area contributed by atoms with Gasteiger partial charge in [-0.1, -0.05) is 12.1 Å². The Bertz CT molecular complexity index is 1030. The minimum absolute atomic E-state index is 0.250. The first-order valence-corrected chi connectivity index (χ1v) is 7.96. The zero-order valence-electron chi connectivity index (χ0n) is 13.9. The number of carbonyl (C=O) groups excluding carboxylic acids is 1. The van der Waals surface area contributed by atoms with Crippen molar-refractivity contribution in [1.29, 1.82) is 5.26 Å². The highest BCUT2D eigenvalue weighted by molar-refractivity contribution is 5.94. The maximum absolute atomic E-state index is 12.5. The van der Waals surface area contributed by atoms with Gasteiger partial charge in [0.2, 0.25) is 5.91 Å². The average molecular weight is 373 g/mol. The van der Waals surface area contributed by atoms with Crippen LogP contribution in [0.3, 0.4) is 0 Å². The molecular weight excluding hydrogens is 359 g/mol. The van der Waals surface area contributed by atoms with E-state index in [1.54, 1.807) is 24.3 Å². The van der Waals surface area contributed by atoms with Gasteiger partial charge in [0, 0.05) is 34.6 Å². The smallest absolute Gasteiger partial charge is 0.406 e. The highest BCUT2D eigenvalue weighted by Gasteiger charge is 2.31. The summed E-state index contributed by atoms with van der Waals surface area (Å²) >= 11 is 0. The van der Waals surface area contributed by atoms with Crippen LogP contribution in [0.4, 0.5) is 13.2 Å². The van der Waals surface area contributed by atoms with Crippen molar-refractivity contribution in [3.8, 4) is 23.1 Å². The first-order valence-electron chi connectivity index (χ1n) is 7.96. The van der Waals surface area contributed by atoms with E-state index in [-0.39, 0.29) is 12.2 Å². The molecule has 0 bridgehead atoms. The number of rotatable bonds is 5. The zero-order valence-corrected chi connectivity index (χ0v) is 13.9. The van der Waals surface area contributed by atoms with Crippen LogP contribution in [0, 0.1) is 11.3 Å². The van der Waals surface area contributed by atoms with Gasteiger partial charge < -0.3 is 15.5 Å². The van der Waals surface area contributed by atoms with E-state index in [1.165, 1.54) is 18.2 Å². The Morgan fingerprint density at radius 3 is 2.48 bits per heavy atom. The van der Waals surface area contributed by atoms with Crippen molar-refractivity contribution in [2.24, 2.45) is 5.73 Å². The molecule has 0 saturated heterocycles. The lowest BCUT2D eigenvalue weighted by molar-refractivity contribution is -0.274. The van der Waals surface area contributed by atoms with Gasteiger partial charge in [-0.25, -0.2) is 0 Å². The number of alkyl halides is 3. The Labute approximate surface area is 152 Å². The number of amides is 1. The van der Waals surface area contributed by atoms with Gasteiger partial charge in [0.15, 0.2) is 0 Å². The van der Waals surface area contributed by atoms with Gasteiger partial charge in [0.25, 0.3) is 0 Å². The van der Waals surface area contributed by atoms with E-state index >= 15 is 0 Å². The molecule has 138 valence electrons. The maximum Gasteiger partial charge on any atom is 0.573 e. The summed E-state index contributed by atoms with van der Waals surface area (Å²) < 4.78 is 41.3. The Morgan fingerprint density at radius 2 is 1.89 bits per heavy atom. The van der Waals surface area contributed by atoms with Gasteiger partial charge in [0.1, 0.15) is 5.75 Å². The lowest BCUT2D eigenvalue weighted by Crippen LogP contribution is -2.16. The lowest BCUT2D eigenvalue weighted by Gasteiger charge is -2.08. The molecule has 1 amide bonds. The van der Waals surface area contributed by atoms with Crippen LogP contribution in [-0.2, 0) is 6.42 Å². The SMILES string of the molecule is N#CCCc1c(-c2ccc(C(N)=O)cc2)[nH]c2cc(OC(F)(F)F)ccc12. The quantitative estimate of drug-likeness (QED) is 0.699. The van der Waals surface area contributed by atoms with Crippen LogP contribution in [0.5, 0.6) is 5.75 Å². The molecule has 0 atom stereocenters. The summed E-state index contributed by atoms with van der Waals surface area (Å²) in [6.45, 7) is 0. The van der Waals surface area contributed by atoms with E-state index in [9.17, 15) is 18.0 Å². The Hall–Kier alpha value is -3.47. The summed E-state index contributed by atoms with van der Waals surface area (Å²) in [5, 5.41) is 9.61. The van der Waals surface area contributed by atoms with Crippen molar-refractivity contribution in [2.45, 2.75) is 19.2 Å². The summed E-state index contributed by atoms with van der Waals surface area (Å²) in [6.07, 6.45) is -4.11. The van der Waals surface area contributed by atoms with Gasteiger partial charge >= 0.3 is 6.36 Å². The number of nitriles is 1. The van der Waals surface area contributed by atoms with Crippen molar-refractivity contribution >= 4 is 16.8 Å². The van der Waals surface area contributed by atoms with Crippen LogP contribution in [0.1, 0.15) is 22.3 Å². The van der Waals surface area contributed by atoms with Crippen LogP contribution in [0.2, 0.25) is 0 Å². The third-order valence-corrected chi connectivity index (χ3v) is 4.06. The monoisotopic (exact) mass is 373 g/mol. The van der Waals surface area contributed by atoms with Crippen molar-refractivity contribution in [3.05, 3.63) is 53.6 Å². The Balaban J connectivity index is 2.09. The molecule has 27 heavy (non-hydrogen) atoms. The molecule has 3 rings (SSSR count). The third kappa shape index (κ3) is 4.03. The molecule has 0 aliphatic carbocycles. The maximum atomic E-state index is 12.5. The molecule has 5 nitrogen and oxygen atoms in total. The standard InChI is InChI=1S/C19H14F3N3O2/c20-19(21,22)27-13-7-8-14-15(2-1-9-23)17(25-16(14)10-13)11-3-5-12(6-4-11)18(24)26/h3-8,10,25H,1-2H2,(H2,24,26). The number of nitrogens with zero attached hydrogens (tertiary/aromatic N) is 1. The molecule has 3 aromatic rings. The van der Waals surface area contributed by atoms with E-state index in [4.69, 9.17) is 11.0 Å². The molecule has 8 heteroatoms. The predicted molar refractivity (Wildman–Crippen MR) is 92.9 cm³/mol. The molecular formula is C19H14F3N3O2. The number of carbonyl (C=O) groups is 1. The Kier molecular flexibility index (Phi) is 4.77. The first kappa shape index (κ1) is 18.3. The number of nitrogens with one attached hydrogen (secondary N) is 1. The van der Waals surface area contributed by atoms with Crippen molar-refractivity contribution in [3.63, 3.8) is 0 Å². The predicted octanol–water partition coefficient (Wildman–Crippen LogP) is 4.29. The van der Waals surface area contributed by atoms with Gasteiger partial charge in [-0.15, -0.1) is 13.2 Å². The van der Waals surface area contributed by atoms with Gasteiger partial charge in [-0.3, -0.25) is 4.79 Å². The molecule has 0 radical (unpaired) electrons. The molecule has 2 aromatic carbocycles. The number of primary amides is 1. The fraction of sp³-hybridized carbons (Fsp3) is 0.158. The second-order valence-electron chi connectivity index (χ2n) is 5.83. The summed E-state index contributed by atoms with van der Waals surface area (Å²) in [4.78, 5) is 14.3. The number of hydrogen-bond acceptors (Lipinski definition) is 3. The Morgan fingerprint density at radius 1 is 1.19 bits per heavy atom. The molecule has 1 heterocycles. The van der Waals surface area contributed by atoms with Crippen LogP contribution in [0.15, 0.2) is 42.5 Å². The number of nitrogens with two attached hydrogens (primary N) is 1. The lowest BCUT2D eigenvalue weighted by atomic mass is 10.0. The van der Waals surface area contributed by atoms with E-state index in [1.807, 2.05) is 0 Å². The zero-order chi connectivity index (χ0) is 19.6. The second kappa shape index (κ2) is 7.03. The minimum Gasteiger partial charge on any atom is -0.406 e. The number of H-pyrrole nitrogens is 1. The van der Waals surface area contributed by atoms with Crippen LogP contribution >= 0.6 is 0 Å². The highest BCUT2D eigenvalue weighted by Crippen LogP contribution is 2.34. The number of hydrogen-bond donors (Lipinski definition) is 2. The molecule has 0 aliphatic heterocycles. The molecule has 0 spiro atoms. The molecule has 0 unspecified atom stereocenters. The largest absolute Gasteiger partial charge is 0.573 e. The van der Waals surface area contributed by atoms with Gasteiger partial charge in [-0.05, 0) is 41.8 Å². The van der Waals surface area contributed by atoms with Crippen LogP contribution < -0.4 is 10.5 Å². The number of fused-ring (bicyclic) bond motifs is 1.